The highest BCUT2D eigenvalue weighted by atomic mass is 35.5. The Bertz CT molecular complexity index is 312. The molecule has 1 unspecified atom stereocenters. The van der Waals surface area contributed by atoms with E-state index in [1.165, 1.54) is 38.6 Å². The van der Waals surface area contributed by atoms with E-state index in [-0.39, 0.29) is 36.6 Å². The number of hydrogen-bond donors (Lipinski definition) is 1. The fourth-order valence-corrected chi connectivity index (χ4v) is 3.52. The number of nitrogens with zero attached hydrogens (tertiary/aromatic N) is 2. The van der Waals surface area contributed by atoms with Crippen LogP contribution < -0.4 is 5.73 Å². The van der Waals surface area contributed by atoms with E-state index in [9.17, 15) is 4.79 Å². The highest BCUT2D eigenvalue weighted by molar-refractivity contribution is 5.85. The van der Waals surface area contributed by atoms with Gasteiger partial charge in [-0.05, 0) is 31.7 Å². The standard InChI is InChI=1S/C16H31N3O.2ClH/c1-14(12-17)16(20)19-9-5-8-18(10-11-19)13-15-6-3-2-4-7-15;;/h14-15H,2-13,17H2,1H3;2*1H. The second-order valence-corrected chi connectivity index (χ2v) is 6.62. The molecule has 2 N–H and O–H groups in total. The number of hydrogen-bond acceptors (Lipinski definition) is 3. The van der Waals surface area contributed by atoms with Crippen molar-refractivity contribution in [2.24, 2.45) is 17.6 Å². The van der Waals surface area contributed by atoms with E-state index in [1.54, 1.807) is 0 Å². The molecule has 0 aromatic heterocycles. The highest BCUT2D eigenvalue weighted by Crippen LogP contribution is 2.24. The third-order valence-corrected chi connectivity index (χ3v) is 4.92. The summed E-state index contributed by atoms with van der Waals surface area (Å²) in [5.41, 5.74) is 5.61. The van der Waals surface area contributed by atoms with Crippen LogP contribution in [-0.4, -0.2) is 55.0 Å². The van der Waals surface area contributed by atoms with E-state index in [4.69, 9.17) is 5.73 Å². The fraction of sp³-hybridized carbons (Fsp3) is 0.938. The van der Waals surface area contributed by atoms with Crippen molar-refractivity contribution in [2.45, 2.75) is 45.4 Å². The second kappa shape index (κ2) is 11.5. The summed E-state index contributed by atoms with van der Waals surface area (Å²) in [7, 11) is 0. The Morgan fingerprint density at radius 1 is 1.05 bits per heavy atom. The Morgan fingerprint density at radius 2 is 1.73 bits per heavy atom. The molecule has 1 saturated heterocycles. The van der Waals surface area contributed by atoms with Gasteiger partial charge in [-0.2, -0.15) is 0 Å². The number of nitrogens with two attached hydrogens (primary N) is 1. The van der Waals surface area contributed by atoms with Gasteiger partial charge in [0.15, 0.2) is 0 Å². The van der Waals surface area contributed by atoms with Gasteiger partial charge in [0.05, 0.1) is 0 Å². The van der Waals surface area contributed by atoms with Gasteiger partial charge in [-0.3, -0.25) is 4.79 Å². The maximum atomic E-state index is 12.2. The average Bonchev–Trinajstić information content (AvgIpc) is 2.72. The van der Waals surface area contributed by atoms with Gasteiger partial charge in [-0.15, -0.1) is 24.8 Å². The van der Waals surface area contributed by atoms with Crippen LogP contribution in [0.5, 0.6) is 0 Å². The molecule has 0 bridgehead atoms. The Hall–Kier alpha value is -0.0300. The molecule has 1 aliphatic heterocycles. The third-order valence-electron chi connectivity index (χ3n) is 4.92. The van der Waals surface area contributed by atoms with Crippen LogP contribution in [-0.2, 0) is 4.79 Å². The predicted molar refractivity (Wildman–Crippen MR) is 96.9 cm³/mol. The van der Waals surface area contributed by atoms with Gasteiger partial charge in [-0.25, -0.2) is 0 Å². The fourth-order valence-electron chi connectivity index (χ4n) is 3.52. The summed E-state index contributed by atoms with van der Waals surface area (Å²) in [6, 6.07) is 0. The van der Waals surface area contributed by atoms with Crippen LogP contribution >= 0.6 is 24.8 Å². The molecule has 4 nitrogen and oxygen atoms in total. The van der Waals surface area contributed by atoms with Gasteiger partial charge in [0.25, 0.3) is 0 Å². The summed E-state index contributed by atoms with van der Waals surface area (Å²) < 4.78 is 0. The molecule has 2 aliphatic rings. The van der Waals surface area contributed by atoms with Crippen molar-refractivity contribution >= 4 is 30.7 Å². The molecule has 0 aromatic carbocycles. The van der Waals surface area contributed by atoms with Crippen LogP contribution in [0.2, 0.25) is 0 Å². The van der Waals surface area contributed by atoms with E-state index in [2.05, 4.69) is 4.90 Å². The summed E-state index contributed by atoms with van der Waals surface area (Å²) in [6.45, 7) is 7.62. The molecule has 2 rings (SSSR count). The molecular weight excluding hydrogens is 321 g/mol. The monoisotopic (exact) mass is 353 g/mol. The quantitative estimate of drug-likeness (QED) is 0.844. The number of carbonyl (C=O) groups excluding carboxylic acids is 1. The van der Waals surface area contributed by atoms with Crippen molar-refractivity contribution in [3.8, 4) is 0 Å². The summed E-state index contributed by atoms with van der Waals surface area (Å²) in [4.78, 5) is 16.8. The van der Waals surface area contributed by atoms with Crippen LogP contribution in [0.3, 0.4) is 0 Å². The van der Waals surface area contributed by atoms with Crippen LogP contribution in [0.4, 0.5) is 0 Å². The number of halogens is 2. The highest BCUT2D eigenvalue weighted by Gasteiger charge is 2.24. The molecule has 1 heterocycles. The van der Waals surface area contributed by atoms with E-state index < -0.39 is 0 Å². The minimum Gasteiger partial charge on any atom is -0.341 e. The molecular formula is C16H33Cl2N3O. The van der Waals surface area contributed by atoms with Gasteiger partial charge in [0.2, 0.25) is 5.91 Å². The van der Waals surface area contributed by atoms with Crippen molar-refractivity contribution in [3.63, 3.8) is 0 Å². The zero-order valence-electron chi connectivity index (χ0n) is 13.8. The second-order valence-electron chi connectivity index (χ2n) is 6.62. The van der Waals surface area contributed by atoms with Gasteiger partial charge < -0.3 is 15.5 Å². The minimum absolute atomic E-state index is 0. The molecule has 22 heavy (non-hydrogen) atoms. The number of rotatable bonds is 4. The number of carbonyl (C=O) groups is 1. The van der Waals surface area contributed by atoms with Crippen molar-refractivity contribution < 1.29 is 4.79 Å². The Balaban J connectivity index is 0.00000220. The van der Waals surface area contributed by atoms with Gasteiger partial charge in [0.1, 0.15) is 0 Å². The normalized spacial score (nSPS) is 22.2. The Morgan fingerprint density at radius 3 is 2.36 bits per heavy atom. The first kappa shape index (κ1) is 22.0. The molecule has 1 aliphatic carbocycles. The van der Waals surface area contributed by atoms with Crippen molar-refractivity contribution in [2.75, 3.05) is 39.3 Å². The molecule has 2 fully saturated rings. The SMILES string of the molecule is CC(CN)C(=O)N1CCCN(CC2CCCCC2)CC1.Cl.Cl. The van der Waals surface area contributed by atoms with Crippen molar-refractivity contribution in [1.82, 2.24) is 9.80 Å². The zero-order valence-corrected chi connectivity index (χ0v) is 15.5. The van der Waals surface area contributed by atoms with E-state index >= 15 is 0 Å². The van der Waals surface area contributed by atoms with Crippen molar-refractivity contribution in [3.05, 3.63) is 0 Å². The van der Waals surface area contributed by atoms with E-state index in [0.29, 0.717) is 6.54 Å². The van der Waals surface area contributed by atoms with Crippen LogP contribution in [0, 0.1) is 11.8 Å². The molecule has 1 amide bonds. The van der Waals surface area contributed by atoms with Crippen molar-refractivity contribution in [1.29, 1.82) is 0 Å². The Labute approximate surface area is 148 Å². The summed E-state index contributed by atoms with van der Waals surface area (Å²) >= 11 is 0. The van der Waals surface area contributed by atoms with Crippen LogP contribution in [0.25, 0.3) is 0 Å². The lowest BCUT2D eigenvalue weighted by Crippen LogP contribution is -2.40. The zero-order chi connectivity index (χ0) is 14.4. The molecule has 0 radical (unpaired) electrons. The lowest BCUT2D eigenvalue weighted by molar-refractivity contribution is -0.134. The largest absolute Gasteiger partial charge is 0.341 e. The molecule has 6 heteroatoms. The van der Waals surface area contributed by atoms with Gasteiger partial charge in [-0.1, -0.05) is 26.2 Å². The molecule has 0 aromatic rings. The lowest BCUT2D eigenvalue weighted by Gasteiger charge is -2.29. The van der Waals surface area contributed by atoms with Crippen LogP contribution in [0.1, 0.15) is 45.4 Å². The molecule has 0 spiro atoms. The first-order valence-electron chi connectivity index (χ1n) is 8.42. The maximum Gasteiger partial charge on any atom is 0.226 e. The summed E-state index contributed by atoms with van der Waals surface area (Å²) in [5, 5.41) is 0. The van der Waals surface area contributed by atoms with Gasteiger partial charge in [0, 0.05) is 38.6 Å². The molecule has 132 valence electrons. The molecule has 1 saturated carbocycles. The minimum atomic E-state index is -0.0279. The Kier molecular flexibility index (Phi) is 11.5. The maximum absolute atomic E-state index is 12.2. The third kappa shape index (κ3) is 6.61. The van der Waals surface area contributed by atoms with E-state index in [1.807, 2.05) is 11.8 Å². The smallest absolute Gasteiger partial charge is 0.226 e. The van der Waals surface area contributed by atoms with Crippen LogP contribution in [0.15, 0.2) is 0 Å². The topological polar surface area (TPSA) is 49.6 Å². The molecule has 1 atom stereocenters. The summed E-state index contributed by atoms with van der Waals surface area (Å²) in [6.07, 6.45) is 8.17. The van der Waals surface area contributed by atoms with Gasteiger partial charge >= 0.3 is 0 Å². The lowest BCUT2D eigenvalue weighted by atomic mass is 9.89. The summed E-state index contributed by atoms with van der Waals surface area (Å²) in [5.74, 6) is 1.11. The first-order valence-corrected chi connectivity index (χ1v) is 8.42. The average molecular weight is 354 g/mol. The number of amides is 1. The first-order chi connectivity index (χ1) is 9.70. The predicted octanol–water partition coefficient (Wildman–Crippen LogP) is 2.54. The van der Waals surface area contributed by atoms with E-state index in [0.717, 1.165) is 38.5 Å².